The van der Waals surface area contributed by atoms with Crippen LogP contribution in [-0.2, 0) is 0 Å². The molecule has 0 bridgehead atoms. The summed E-state index contributed by atoms with van der Waals surface area (Å²) in [7, 11) is 0. The molecule has 0 unspecified atom stereocenters. The molecule has 0 atom stereocenters. The highest BCUT2D eigenvalue weighted by Crippen LogP contribution is 2.45. The summed E-state index contributed by atoms with van der Waals surface area (Å²) in [6.07, 6.45) is 0. The first kappa shape index (κ1) is 35.7. The lowest BCUT2D eigenvalue weighted by atomic mass is 9.98. The van der Waals surface area contributed by atoms with Crippen molar-refractivity contribution < 1.29 is 8.83 Å². The van der Waals surface area contributed by atoms with Crippen LogP contribution in [0.15, 0.2) is 215 Å². The van der Waals surface area contributed by atoms with Gasteiger partial charge in [0, 0.05) is 65.8 Å². The molecule has 0 fully saturated rings. The third-order valence-electron chi connectivity index (χ3n) is 13.0. The molecule has 65 heavy (non-hydrogen) atoms. The van der Waals surface area contributed by atoms with E-state index >= 15 is 0 Å². The lowest BCUT2D eigenvalue weighted by molar-refractivity contribution is 0.669. The zero-order valence-corrected chi connectivity index (χ0v) is 34.7. The first-order chi connectivity index (χ1) is 32.2. The van der Waals surface area contributed by atoms with Crippen LogP contribution in [0.4, 0.5) is 0 Å². The zero-order chi connectivity index (χ0) is 42.6. The molecule has 4 aromatic heterocycles. The average molecular weight is 831 g/mol. The molecule has 4 heterocycles. The number of nitrogens with zero attached hydrogens (tertiary/aromatic N) is 4. The van der Waals surface area contributed by atoms with E-state index in [1.54, 1.807) is 0 Å². The monoisotopic (exact) mass is 830 g/mol. The first-order valence-electron chi connectivity index (χ1n) is 21.8. The summed E-state index contributed by atoms with van der Waals surface area (Å²) in [6, 6.07) is 72.2. The van der Waals surface area contributed by atoms with E-state index in [9.17, 15) is 0 Å². The normalized spacial score (nSPS) is 12.0. The Balaban J connectivity index is 1.01. The Kier molecular flexibility index (Phi) is 7.59. The molecular formula is C59H34N4O2. The topological polar surface area (TPSA) is 69.9 Å². The van der Waals surface area contributed by atoms with Crippen molar-refractivity contribution in [3.05, 3.63) is 206 Å². The molecule has 10 aromatic carbocycles. The molecule has 0 saturated heterocycles. The molecule has 0 aliphatic heterocycles. The Morgan fingerprint density at radius 1 is 0.338 bits per heavy atom. The highest BCUT2D eigenvalue weighted by Gasteiger charge is 2.22. The van der Waals surface area contributed by atoms with Crippen LogP contribution in [-0.4, -0.2) is 19.5 Å². The van der Waals surface area contributed by atoms with Crippen molar-refractivity contribution in [2.24, 2.45) is 0 Å². The smallest absolute Gasteiger partial charge is 0.164 e. The lowest BCUT2D eigenvalue weighted by Gasteiger charge is -2.14. The number of rotatable bonds is 5. The molecule has 0 amide bonds. The highest BCUT2D eigenvalue weighted by molar-refractivity contribution is 6.23. The van der Waals surface area contributed by atoms with Crippen LogP contribution >= 0.6 is 0 Å². The van der Waals surface area contributed by atoms with Gasteiger partial charge in [-0.15, -0.1) is 0 Å². The van der Waals surface area contributed by atoms with Gasteiger partial charge < -0.3 is 13.4 Å². The number of para-hydroxylation sites is 3. The second-order valence-electron chi connectivity index (χ2n) is 16.7. The third-order valence-corrected chi connectivity index (χ3v) is 13.0. The molecule has 0 saturated carbocycles. The lowest BCUT2D eigenvalue weighted by Crippen LogP contribution is -2.01. The zero-order valence-electron chi connectivity index (χ0n) is 34.7. The SMILES string of the molecule is c1ccc(-c2nc(-c3cccc(-n4c5cc6ccccc6cc5c5cccc(-c6cccc7c6oc6ccc8ccccc8c67)c54)c3)nc(-c3ccc4c(c3)oc3ccccc34)n2)cc1. The summed E-state index contributed by atoms with van der Waals surface area (Å²) in [4.78, 5) is 15.4. The van der Waals surface area contributed by atoms with Gasteiger partial charge >= 0.3 is 0 Å². The Labute approximate surface area is 371 Å². The Morgan fingerprint density at radius 3 is 1.82 bits per heavy atom. The summed E-state index contributed by atoms with van der Waals surface area (Å²) in [5, 5.41) is 11.4. The van der Waals surface area contributed by atoms with Gasteiger partial charge in [0.1, 0.15) is 22.3 Å². The maximum atomic E-state index is 6.85. The van der Waals surface area contributed by atoms with Crippen LogP contribution in [0.1, 0.15) is 0 Å². The Morgan fingerprint density at radius 2 is 0.969 bits per heavy atom. The van der Waals surface area contributed by atoms with Gasteiger partial charge in [-0.05, 0) is 70.1 Å². The van der Waals surface area contributed by atoms with E-state index in [1.165, 1.54) is 26.9 Å². The van der Waals surface area contributed by atoms with Gasteiger partial charge in [0.2, 0.25) is 0 Å². The second-order valence-corrected chi connectivity index (χ2v) is 16.7. The molecule has 6 nitrogen and oxygen atoms in total. The van der Waals surface area contributed by atoms with Crippen molar-refractivity contribution in [2.45, 2.75) is 0 Å². The minimum atomic E-state index is 0.568. The maximum Gasteiger partial charge on any atom is 0.164 e. The van der Waals surface area contributed by atoms with Crippen LogP contribution in [0.25, 0.3) is 138 Å². The van der Waals surface area contributed by atoms with E-state index in [0.717, 1.165) is 93.8 Å². The first-order valence-corrected chi connectivity index (χ1v) is 21.8. The summed E-state index contributed by atoms with van der Waals surface area (Å²) < 4.78 is 15.6. The van der Waals surface area contributed by atoms with Gasteiger partial charge in [-0.25, -0.2) is 15.0 Å². The number of benzene rings is 10. The number of hydrogen-bond donors (Lipinski definition) is 0. The van der Waals surface area contributed by atoms with Crippen molar-refractivity contribution in [3.63, 3.8) is 0 Å². The standard InChI is InChI=1S/C59H34N4O2/c1-2-14-36(15-3-1)57-60-58(62-59(61-57)40-27-29-44-43-21-8-9-26-51(43)64-53(44)34-40)39-18-10-19-41(31-39)63-50-33-38-17-5-4-16-37(38)32-49(50)46-23-11-22-45(55(46)63)47-24-12-25-48-54-42-20-7-6-13-35(42)28-30-52(54)65-56(47)48/h1-34H. The molecule has 0 N–H and O–H groups in total. The maximum absolute atomic E-state index is 6.85. The molecule has 14 aromatic rings. The largest absolute Gasteiger partial charge is 0.456 e. The van der Waals surface area contributed by atoms with Gasteiger partial charge in [-0.2, -0.15) is 0 Å². The Bertz CT molecular complexity index is 4250. The van der Waals surface area contributed by atoms with Crippen molar-refractivity contribution in [2.75, 3.05) is 0 Å². The average Bonchev–Trinajstić information content (AvgIpc) is 4.05. The number of hydrogen-bond acceptors (Lipinski definition) is 5. The Hall–Kier alpha value is -8.87. The molecule has 0 aliphatic carbocycles. The van der Waals surface area contributed by atoms with Gasteiger partial charge in [0.15, 0.2) is 17.5 Å². The van der Waals surface area contributed by atoms with Crippen LogP contribution in [0.3, 0.4) is 0 Å². The molecule has 14 rings (SSSR count). The minimum absolute atomic E-state index is 0.568. The number of furan rings is 2. The predicted octanol–water partition coefficient (Wildman–Crippen LogP) is 15.7. The van der Waals surface area contributed by atoms with Gasteiger partial charge in [0.25, 0.3) is 0 Å². The summed E-state index contributed by atoms with van der Waals surface area (Å²) in [5.41, 5.74) is 11.3. The summed E-state index contributed by atoms with van der Waals surface area (Å²) >= 11 is 0. The number of fused-ring (bicyclic) bond motifs is 12. The van der Waals surface area contributed by atoms with Crippen molar-refractivity contribution in [1.29, 1.82) is 0 Å². The molecule has 0 radical (unpaired) electrons. The molecule has 0 spiro atoms. The van der Waals surface area contributed by atoms with Crippen LogP contribution in [0, 0.1) is 0 Å². The fourth-order valence-electron chi connectivity index (χ4n) is 10.0. The van der Waals surface area contributed by atoms with Gasteiger partial charge in [0.05, 0.1) is 11.0 Å². The molecule has 302 valence electrons. The van der Waals surface area contributed by atoms with Gasteiger partial charge in [-0.1, -0.05) is 158 Å². The van der Waals surface area contributed by atoms with Crippen molar-refractivity contribution >= 4 is 87.2 Å². The highest BCUT2D eigenvalue weighted by atomic mass is 16.3. The molecular weight excluding hydrogens is 797 g/mol. The van der Waals surface area contributed by atoms with Gasteiger partial charge in [-0.3, -0.25) is 0 Å². The van der Waals surface area contributed by atoms with Crippen molar-refractivity contribution in [1.82, 2.24) is 19.5 Å². The molecule has 6 heteroatoms. The van der Waals surface area contributed by atoms with E-state index in [2.05, 4.69) is 156 Å². The summed E-state index contributed by atoms with van der Waals surface area (Å²) in [5.74, 6) is 1.74. The van der Waals surface area contributed by atoms with E-state index in [4.69, 9.17) is 23.8 Å². The van der Waals surface area contributed by atoms with E-state index < -0.39 is 0 Å². The fraction of sp³-hybridized carbons (Fsp3) is 0. The number of aromatic nitrogens is 4. The quantitative estimate of drug-likeness (QED) is 0.173. The van der Waals surface area contributed by atoms with Crippen molar-refractivity contribution in [3.8, 4) is 51.0 Å². The third kappa shape index (κ3) is 5.51. The van der Waals surface area contributed by atoms with Crippen LogP contribution in [0.5, 0.6) is 0 Å². The van der Waals surface area contributed by atoms with E-state index in [-0.39, 0.29) is 0 Å². The molecule has 0 aliphatic rings. The van der Waals surface area contributed by atoms with Crippen LogP contribution < -0.4 is 0 Å². The van der Waals surface area contributed by atoms with E-state index in [0.29, 0.717) is 17.5 Å². The minimum Gasteiger partial charge on any atom is -0.456 e. The fourth-order valence-corrected chi connectivity index (χ4v) is 10.0. The second kappa shape index (κ2) is 13.8. The van der Waals surface area contributed by atoms with Crippen LogP contribution in [0.2, 0.25) is 0 Å². The predicted molar refractivity (Wildman–Crippen MR) is 265 cm³/mol. The van der Waals surface area contributed by atoms with E-state index in [1.807, 2.05) is 54.6 Å². The summed E-state index contributed by atoms with van der Waals surface area (Å²) in [6.45, 7) is 0.